The third-order valence-corrected chi connectivity index (χ3v) is 3.56. The van der Waals surface area contributed by atoms with E-state index in [-0.39, 0.29) is 11.4 Å². The number of benzene rings is 1. The molecule has 0 bridgehead atoms. The largest absolute Gasteiger partial charge is 0.377 e. The molecule has 3 nitrogen and oxygen atoms in total. The van der Waals surface area contributed by atoms with Gasteiger partial charge in [-0.15, -0.1) is 0 Å². The molecule has 0 spiro atoms. The van der Waals surface area contributed by atoms with Crippen LogP contribution in [0.15, 0.2) is 18.2 Å². The lowest BCUT2D eigenvalue weighted by Crippen LogP contribution is -2.47. The van der Waals surface area contributed by atoms with E-state index in [1.165, 1.54) is 18.6 Å². The molecule has 1 fully saturated rings. The molecule has 1 aliphatic carbocycles. The van der Waals surface area contributed by atoms with Crippen LogP contribution in [0.5, 0.6) is 0 Å². The molecule has 2 rings (SSSR count). The summed E-state index contributed by atoms with van der Waals surface area (Å²) in [4.78, 5) is 0. The summed E-state index contributed by atoms with van der Waals surface area (Å²) in [5, 5.41) is 12.0. The van der Waals surface area contributed by atoms with Gasteiger partial charge in [-0.05, 0) is 43.0 Å². The van der Waals surface area contributed by atoms with Crippen LogP contribution < -0.4 is 5.32 Å². The van der Waals surface area contributed by atoms with Gasteiger partial charge in [-0.2, -0.15) is 5.26 Å². The molecule has 0 aromatic heterocycles. The fraction of sp³-hybridized carbons (Fsp3) is 0.500. The van der Waals surface area contributed by atoms with Crippen molar-refractivity contribution in [1.29, 1.82) is 5.26 Å². The van der Waals surface area contributed by atoms with Crippen molar-refractivity contribution in [2.24, 2.45) is 0 Å². The second-order valence-corrected chi connectivity index (χ2v) is 4.80. The Morgan fingerprint density at radius 2 is 2.22 bits per heavy atom. The summed E-state index contributed by atoms with van der Waals surface area (Å²) in [6, 6.07) is 6.36. The van der Waals surface area contributed by atoms with Gasteiger partial charge in [0.2, 0.25) is 0 Å². The van der Waals surface area contributed by atoms with Crippen molar-refractivity contribution in [3.05, 3.63) is 35.1 Å². The number of hydrogen-bond donors (Lipinski definition) is 1. The minimum Gasteiger partial charge on any atom is -0.377 e. The molecule has 1 saturated carbocycles. The Labute approximate surface area is 107 Å². The number of hydrogen-bond acceptors (Lipinski definition) is 3. The van der Waals surface area contributed by atoms with Gasteiger partial charge in [0.15, 0.2) is 0 Å². The Morgan fingerprint density at radius 3 is 2.78 bits per heavy atom. The molecule has 0 heterocycles. The first-order valence-corrected chi connectivity index (χ1v) is 6.13. The van der Waals surface area contributed by atoms with Gasteiger partial charge in [0.25, 0.3) is 0 Å². The van der Waals surface area contributed by atoms with Crippen molar-refractivity contribution in [3.8, 4) is 6.07 Å². The fourth-order valence-electron chi connectivity index (χ4n) is 2.28. The molecule has 1 N–H and O–H groups in total. The first-order valence-electron chi connectivity index (χ1n) is 6.13. The number of nitrogens with one attached hydrogen (secondary N) is 1. The molecule has 1 aliphatic rings. The van der Waals surface area contributed by atoms with Crippen LogP contribution in [-0.2, 0) is 11.3 Å². The molecule has 0 unspecified atom stereocenters. The summed E-state index contributed by atoms with van der Waals surface area (Å²) < 4.78 is 18.7. The van der Waals surface area contributed by atoms with Gasteiger partial charge in [-0.25, -0.2) is 4.39 Å². The highest BCUT2D eigenvalue weighted by Gasteiger charge is 2.36. The van der Waals surface area contributed by atoms with Crippen LogP contribution in [-0.4, -0.2) is 19.3 Å². The number of halogens is 1. The Hall–Kier alpha value is -1.44. The second-order valence-electron chi connectivity index (χ2n) is 4.80. The van der Waals surface area contributed by atoms with E-state index in [0.29, 0.717) is 12.1 Å². The summed E-state index contributed by atoms with van der Waals surface area (Å²) in [6.07, 6.45) is 3.35. The molecule has 0 radical (unpaired) electrons. The highest BCUT2D eigenvalue weighted by atomic mass is 19.1. The molecule has 0 amide bonds. The van der Waals surface area contributed by atoms with E-state index >= 15 is 0 Å². The van der Waals surface area contributed by atoms with Crippen LogP contribution in [0.2, 0.25) is 0 Å². The summed E-state index contributed by atoms with van der Waals surface area (Å²) >= 11 is 0. The summed E-state index contributed by atoms with van der Waals surface area (Å²) in [7, 11) is 1.73. The first kappa shape index (κ1) is 13.0. The molecule has 1 aromatic rings. The molecule has 0 saturated heterocycles. The van der Waals surface area contributed by atoms with Crippen LogP contribution in [0.4, 0.5) is 4.39 Å². The number of ether oxygens (including phenoxy) is 1. The maximum atomic E-state index is 13.2. The lowest BCUT2D eigenvalue weighted by molar-refractivity contribution is -0.0695. The monoisotopic (exact) mass is 248 g/mol. The van der Waals surface area contributed by atoms with Crippen molar-refractivity contribution in [1.82, 2.24) is 5.32 Å². The van der Waals surface area contributed by atoms with Gasteiger partial charge >= 0.3 is 0 Å². The van der Waals surface area contributed by atoms with Gasteiger partial charge in [-0.3, -0.25) is 0 Å². The second kappa shape index (κ2) is 5.47. The third-order valence-electron chi connectivity index (χ3n) is 3.56. The molecule has 4 heteroatoms. The standard InChI is InChI=1S/C14H17FN2O/c1-18-14(3-2-4-14)10-17-9-12-5-11(8-16)6-13(15)7-12/h5-7,17H,2-4,9-10H2,1H3. The fourth-order valence-corrected chi connectivity index (χ4v) is 2.28. The number of rotatable bonds is 5. The van der Waals surface area contributed by atoms with Gasteiger partial charge in [0, 0.05) is 20.2 Å². The van der Waals surface area contributed by atoms with Gasteiger partial charge in [-0.1, -0.05) is 0 Å². The molecule has 1 aromatic carbocycles. The average Bonchev–Trinajstić information content (AvgIpc) is 2.32. The first-order chi connectivity index (χ1) is 8.67. The van der Waals surface area contributed by atoms with Crippen LogP contribution in [0.3, 0.4) is 0 Å². The zero-order valence-electron chi connectivity index (χ0n) is 10.5. The number of nitriles is 1. The maximum absolute atomic E-state index is 13.2. The van der Waals surface area contributed by atoms with E-state index in [4.69, 9.17) is 10.00 Å². The summed E-state index contributed by atoms with van der Waals surface area (Å²) in [5.74, 6) is -0.365. The zero-order chi connectivity index (χ0) is 13.0. The Kier molecular flexibility index (Phi) is 3.95. The van der Waals surface area contributed by atoms with Crippen molar-refractivity contribution in [2.75, 3.05) is 13.7 Å². The zero-order valence-corrected chi connectivity index (χ0v) is 10.5. The van der Waals surface area contributed by atoms with Crippen LogP contribution in [0.1, 0.15) is 30.4 Å². The van der Waals surface area contributed by atoms with E-state index in [1.807, 2.05) is 6.07 Å². The Balaban J connectivity index is 1.90. The minimum absolute atomic E-state index is 0.0363. The molecule has 0 aliphatic heterocycles. The SMILES string of the molecule is COC1(CNCc2cc(F)cc(C#N)c2)CCC1. The smallest absolute Gasteiger partial charge is 0.124 e. The van der Waals surface area contributed by atoms with Crippen molar-refractivity contribution < 1.29 is 9.13 Å². The van der Waals surface area contributed by atoms with Crippen LogP contribution in [0.25, 0.3) is 0 Å². The molecular formula is C14H17FN2O. The van der Waals surface area contributed by atoms with Crippen LogP contribution in [0, 0.1) is 17.1 Å². The average molecular weight is 248 g/mol. The predicted octanol–water partition coefficient (Wildman–Crippen LogP) is 2.36. The van der Waals surface area contributed by atoms with Crippen LogP contribution >= 0.6 is 0 Å². The van der Waals surface area contributed by atoms with Crippen molar-refractivity contribution in [3.63, 3.8) is 0 Å². The Bertz CT molecular complexity index is 458. The number of nitrogens with zero attached hydrogens (tertiary/aromatic N) is 1. The van der Waals surface area contributed by atoms with Crippen molar-refractivity contribution in [2.45, 2.75) is 31.4 Å². The summed E-state index contributed by atoms with van der Waals surface area (Å²) in [5.41, 5.74) is 1.11. The molecular weight excluding hydrogens is 231 g/mol. The van der Waals surface area contributed by atoms with E-state index in [9.17, 15) is 4.39 Å². The topological polar surface area (TPSA) is 45.0 Å². The quantitative estimate of drug-likeness (QED) is 0.870. The highest BCUT2D eigenvalue weighted by molar-refractivity contribution is 5.33. The molecule has 96 valence electrons. The lowest BCUT2D eigenvalue weighted by Gasteiger charge is -2.40. The van der Waals surface area contributed by atoms with E-state index in [2.05, 4.69) is 5.32 Å². The van der Waals surface area contributed by atoms with Gasteiger partial charge < -0.3 is 10.1 Å². The highest BCUT2D eigenvalue weighted by Crippen LogP contribution is 2.34. The van der Waals surface area contributed by atoms with Gasteiger partial charge in [0.05, 0.1) is 17.2 Å². The Morgan fingerprint density at radius 1 is 1.44 bits per heavy atom. The van der Waals surface area contributed by atoms with E-state index in [0.717, 1.165) is 24.9 Å². The minimum atomic E-state index is -0.365. The van der Waals surface area contributed by atoms with E-state index < -0.39 is 0 Å². The van der Waals surface area contributed by atoms with Gasteiger partial charge in [0.1, 0.15) is 5.82 Å². The predicted molar refractivity (Wildman–Crippen MR) is 66.4 cm³/mol. The lowest BCUT2D eigenvalue weighted by atomic mass is 9.80. The third kappa shape index (κ3) is 2.87. The maximum Gasteiger partial charge on any atom is 0.124 e. The van der Waals surface area contributed by atoms with Crippen molar-refractivity contribution >= 4 is 0 Å². The molecule has 0 atom stereocenters. The molecule has 18 heavy (non-hydrogen) atoms. The number of methoxy groups -OCH3 is 1. The van der Waals surface area contributed by atoms with E-state index in [1.54, 1.807) is 13.2 Å². The normalized spacial score (nSPS) is 16.9. The summed E-state index contributed by atoms with van der Waals surface area (Å²) in [6.45, 7) is 1.32.